The Morgan fingerprint density at radius 3 is 1.21 bits per heavy atom. The molecule has 2 fully saturated rings. The quantitative estimate of drug-likeness (QED) is 0.510. The molecule has 0 spiro atoms. The SMILES string of the molecule is CCCCC1CCCC1.CCCCC1CCCC1.[V]. The Morgan fingerprint density at radius 1 is 0.632 bits per heavy atom. The van der Waals surface area contributed by atoms with E-state index in [9.17, 15) is 0 Å². The molecule has 2 aliphatic carbocycles. The minimum absolute atomic E-state index is 0. The molecular weight excluding hydrogens is 267 g/mol. The fourth-order valence-corrected chi connectivity index (χ4v) is 3.58. The predicted octanol–water partition coefficient (Wildman–Crippen LogP) is 6.73. The van der Waals surface area contributed by atoms with Gasteiger partial charge in [-0.15, -0.1) is 0 Å². The molecule has 2 aliphatic rings. The van der Waals surface area contributed by atoms with Gasteiger partial charge in [0.15, 0.2) is 0 Å². The van der Waals surface area contributed by atoms with Crippen molar-refractivity contribution >= 4 is 0 Å². The Morgan fingerprint density at radius 2 is 0.947 bits per heavy atom. The summed E-state index contributed by atoms with van der Waals surface area (Å²) in [5.41, 5.74) is 0. The Bertz CT molecular complexity index is 147. The zero-order valence-corrected chi connectivity index (χ0v) is 14.9. The molecule has 2 saturated carbocycles. The first-order valence-electron chi connectivity index (χ1n) is 8.86. The topological polar surface area (TPSA) is 0 Å². The first kappa shape index (κ1) is 19.6. The number of hydrogen-bond acceptors (Lipinski definition) is 0. The summed E-state index contributed by atoms with van der Waals surface area (Å²) >= 11 is 0. The molecule has 113 valence electrons. The van der Waals surface area contributed by atoms with Crippen LogP contribution in [0.1, 0.15) is 104 Å². The van der Waals surface area contributed by atoms with Gasteiger partial charge in [-0.25, -0.2) is 0 Å². The van der Waals surface area contributed by atoms with Gasteiger partial charge in [0.25, 0.3) is 0 Å². The molecule has 0 aromatic carbocycles. The predicted molar refractivity (Wildman–Crippen MR) is 83.0 cm³/mol. The van der Waals surface area contributed by atoms with E-state index in [1.54, 1.807) is 0 Å². The average Bonchev–Trinajstić information content (AvgIpc) is 3.07. The summed E-state index contributed by atoms with van der Waals surface area (Å²) in [6, 6.07) is 0. The van der Waals surface area contributed by atoms with Crippen molar-refractivity contribution in [3.05, 3.63) is 0 Å². The molecule has 1 radical (unpaired) electrons. The number of hydrogen-bond donors (Lipinski definition) is 0. The first-order valence-corrected chi connectivity index (χ1v) is 8.86. The summed E-state index contributed by atoms with van der Waals surface area (Å²) in [4.78, 5) is 0. The van der Waals surface area contributed by atoms with E-state index in [-0.39, 0.29) is 18.6 Å². The van der Waals surface area contributed by atoms with Gasteiger partial charge in [0.05, 0.1) is 0 Å². The van der Waals surface area contributed by atoms with Crippen LogP contribution in [0.5, 0.6) is 0 Å². The van der Waals surface area contributed by atoms with Crippen LogP contribution in [0.2, 0.25) is 0 Å². The van der Waals surface area contributed by atoms with Crippen molar-refractivity contribution < 1.29 is 18.6 Å². The molecule has 2 rings (SSSR count). The molecule has 0 aromatic rings. The van der Waals surface area contributed by atoms with E-state index in [0.717, 1.165) is 11.8 Å². The second-order valence-electron chi connectivity index (χ2n) is 6.59. The molecule has 0 aliphatic heterocycles. The van der Waals surface area contributed by atoms with Gasteiger partial charge in [-0.1, -0.05) is 104 Å². The first-order chi connectivity index (χ1) is 8.86. The summed E-state index contributed by atoms with van der Waals surface area (Å²) in [7, 11) is 0. The molecule has 1 heteroatoms. The second kappa shape index (κ2) is 13.6. The van der Waals surface area contributed by atoms with Gasteiger partial charge in [0.2, 0.25) is 0 Å². The molecular formula is C18H36V. The van der Waals surface area contributed by atoms with E-state index >= 15 is 0 Å². The summed E-state index contributed by atoms with van der Waals surface area (Å²) in [5, 5.41) is 0. The van der Waals surface area contributed by atoms with Crippen LogP contribution in [0.3, 0.4) is 0 Å². The van der Waals surface area contributed by atoms with Crippen LogP contribution in [0.25, 0.3) is 0 Å². The standard InChI is InChI=1S/2C9H18.V/c2*1-2-3-6-9-7-4-5-8-9;/h2*9H,2-8H2,1H3;. The van der Waals surface area contributed by atoms with Gasteiger partial charge in [0, 0.05) is 18.6 Å². The molecule has 0 heterocycles. The molecule has 0 N–H and O–H groups in total. The summed E-state index contributed by atoms with van der Waals surface area (Å²) < 4.78 is 0. The van der Waals surface area contributed by atoms with Crippen LogP contribution < -0.4 is 0 Å². The summed E-state index contributed by atoms with van der Waals surface area (Å²) in [6.45, 7) is 4.57. The molecule has 0 atom stereocenters. The largest absolute Gasteiger partial charge is 0.0654 e. The third kappa shape index (κ3) is 10.0. The molecule has 0 amide bonds. The maximum Gasteiger partial charge on any atom is 0 e. The van der Waals surface area contributed by atoms with Gasteiger partial charge < -0.3 is 0 Å². The van der Waals surface area contributed by atoms with Gasteiger partial charge in [-0.2, -0.15) is 0 Å². The second-order valence-corrected chi connectivity index (χ2v) is 6.59. The Labute approximate surface area is 134 Å². The normalized spacial score (nSPS) is 19.9. The Hall–Kier alpha value is 0.584. The fraction of sp³-hybridized carbons (Fsp3) is 1.00. The maximum atomic E-state index is 2.29. The third-order valence-electron chi connectivity index (χ3n) is 4.88. The molecule has 0 unspecified atom stereocenters. The van der Waals surface area contributed by atoms with E-state index in [1.165, 1.54) is 89.9 Å². The van der Waals surface area contributed by atoms with Gasteiger partial charge >= 0.3 is 0 Å². The van der Waals surface area contributed by atoms with Crippen LogP contribution >= 0.6 is 0 Å². The van der Waals surface area contributed by atoms with Crippen LogP contribution in [0, 0.1) is 11.8 Å². The smallest absolute Gasteiger partial charge is 0 e. The van der Waals surface area contributed by atoms with Gasteiger partial charge in [-0.3, -0.25) is 0 Å². The molecule has 0 aromatic heterocycles. The van der Waals surface area contributed by atoms with Crippen LogP contribution in [-0.4, -0.2) is 0 Å². The average molecular weight is 303 g/mol. The minimum Gasteiger partial charge on any atom is -0.0654 e. The molecule has 19 heavy (non-hydrogen) atoms. The third-order valence-corrected chi connectivity index (χ3v) is 4.88. The van der Waals surface area contributed by atoms with Crippen molar-refractivity contribution in [1.29, 1.82) is 0 Å². The van der Waals surface area contributed by atoms with Crippen LogP contribution in [-0.2, 0) is 18.6 Å². The van der Waals surface area contributed by atoms with Crippen molar-refractivity contribution in [1.82, 2.24) is 0 Å². The Kier molecular flexibility index (Phi) is 14.0. The van der Waals surface area contributed by atoms with E-state index in [0.29, 0.717) is 0 Å². The van der Waals surface area contributed by atoms with Crippen molar-refractivity contribution in [2.24, 2.45) is 11.8 Å². The molecule has 0 nitrogen and oxygen atoms in total. The zero-order valence-electron chi connectivity index (χ0n) is 13.5. The maximum absolute atomic E-state index is 2.29. The van der Waals surface area contributed by atoms with Gasteiger partial charge in [-0.05, 0) is 11.8 Å². The van der Waals surface area contributed by atoms with E-state index in [2.05, 4.69) is 13.8 Å². The van der Waals surface area contributed by atoms with Crippen molar-refractivity contribution in [2.75, 3.05) is 0 Å². The van der Waals surface area contributed by atoms with Crippen molar-refractivity contribution in [3.63, 3.8) is 0 Å². The van der Waals surface area contributed by atoms with Crippen LogP contribution in [0.15, 0.2) is 0 Å². The van der Waals surface area contributed by atoms with E-state index in [1.807, 2.05) is 0 Å². The summed E-state index contributed by atoms with van der Waals surface area (Å²) in [6.07, 6.45) is 20.9. The monoisotopic (exact) mass is 303 g/mol. The van der Waals surface area contributed by atoms with Crippen molar-refractivity contribution in [3.8, 4) is 0 Å². The minimum atomic E-state index is 0. The number of unbranched alkanes of at least 4 members (excludes halogenated alkanes) is 2. The molecule has 0 bridgehead atoms. The Balaban J connectivity index is 0.000000324. The zero-order chi connectivity index (χ0) is 13.1. The molecule has 0 saturated heterocycles. The van der Waals surface area contributed by atoms with E-state index in [4.69, 9.17) is 0 Å². The van der Waals surface area contributed by atoms with Gasteiger partial charge in [0.1, 0.15) is 0 Å². The van der Waals surface area contributed by atoms with Crippen molar-refractivity contribution in [2.45, 2.75) is 104 Å². The fourth-order valence-electron chi connectivity index (χ4n) is 3.58. The van der Waals surface area contributed by atoms with Crippen LogP contribution in [0.4, 0.5) is 0 Å². The summed E-state index contributed by atoms with van der Waals surface area (Å²) in [5.74, 6) is 2.23. The number of rotatable bonds is 6. The van der Waals surface area contributed by atoms with E-state index < -0.39 is 0 Å².